The second kappa shape index (κ2) is 6.17. The van der Waals surface area contributed by atoms with Crippen molar-refractivity contribution in [2.24, 2.45) is 0 Å². The highest BCUT2D eigenvalue weighted by molar-refractivity contribution is 9.10. The molecule has 0 saturated heterocycles. The molecule has 0 spiro atoms. The van der Waals surface area contributed by atoms with Crippen LogP contribution in [0.1, 0.15) is 5.56 Å². The summed E-state index contributed by atoms with van der Waals surface area (Å²) in [7, 11) is 1.62. The van der Waals surface area contributed by atoms with Gasteiger partial charge in [-0.3, -0.25) is 0 Å². The molecule has 0 heterocycles. The van der Waals surface area contributed by atoms with Crippen molar-refractivity contribution < 1.29 is 9.47 Å². The number of para-hydroxylation sites is 1. The summed E-state index contributed by atoms with van der Waals surface area (Å²) in [5, 5.41) is 0.499. The summed E-state index contributed by atoms with van der Waals surface area (Å²) in [6, 6.07) is 11.0. The molecule has 100 valence electrons. The summed E-state index contributed by atoms with van der Waals surface area (Å²) in [6.07, 6.45) is 0. The Hall–Kier alpha value is -1.39. The molecule has 0 atom stereocenters. The summed E-state index contributed by atoms with van der Waals surface area (Å²) in [4.78, 5) is 0. The monoisotopic (exact) mass is 341 g/mol. The van der Waals surface area contributed by atoms with Crippen LogP contribution in [0.5, 0.6) is 11.5 Å². The molecule has 0 saturated carbocycles. The maximum Gasteiger partial charge on any atom is 0.161 e. The van der Waals surface area contributed by atoms with Crippen molar-refractivity contribution in [3.05, 3.63) is 51.5 Å². The molecule has 0 unspecified atom stereocenters. The van der Waals surface area contributed by atoms with Gasteiger partial charge in [0.2, 0.25) is 0 Å². The summed E-state index contributed by atoms with van der Waals surface area (Å²) >= 11 is 9.52. The zero-order chi connectivity index (χ0) is 13.8. The molecule has 0 aliphatic carbocycles. The number of anilines is 1. The van der Waals surface area contributed by atoms with Gasteiger partial charge in [0.05, 0.1) is 17.8 Å². The molecule has 0 aromatic heterocycles. The van der Waals surface area contributed by atoms with Gasteiger partial charge in [-0.2, -0.15) is 0 Å². The second-order valence-corrected chi connectivity index (χ2v) is 5.17. The SMILES string of the molecule is COc1ccc(Br)c(COc2c(N)cccc2Cl)c1. The molecule has 2 N–H and O–H groups in total. The lowest BCUT2D eigenvalue weighted by Crippen LogP contribution is -2.00. The predicted octanol–water partition coefficient (Wildman–Crippen LogP) is 4.27. The Morgan fingerprint density at radius 2 is 2.05 bits per heavy atom. The highest BCUT2D eigenvalue weighted by Gasteiger charge is 2.08. The van der Waals surface area contributed by atoms with Crippen LogP contribution in [0.15, 0.2) is 40.9 Å². The van der Waals surface area contributed by atoms with Crippen LogP contribution in [0.4, 0.5) is 5.69 Å². The molecule has 19 heavy (non-hydrogen) atoms. The predicted molar refractivity (Wildman–Crippen MR) is 80.9 cm³/mol. The van der Waals surface area contributed by atoms with Crippen molar-refractivity contribution in [3.63, 3.8) is 0 Å². The first kappa shape index (κ1) is 14.0. The molecule has 0 radical (unpaired) electrons. The van der Waals surface area contributed by atoms with Gasteiger partial charge in [0.1, 0.15) is 12.4 Å². The Morgan fingerprint density at radius 3 is 2.74 bits per heavy atom. The number of halogens is 2. The van der Waals surface area contributed by atoms with Crippen LogP contribution in [0.25, 0.3) is 0 Å². The lowest BCUT2D eigenvalue weighted by molar-refractivity contribution is 0.306. The van der Waals surface area contributed by atoms with E-state index in [0.717, 1.165) is 15.8 Å². The molecule has 2 rings (SSSR count). The first-order valence-corrected chi connectivity index (χ1v) is 6.78. The average Bonchev–Trinajstić information content (AvgIpc) is 2.40. The van der Waals surface area contributed by atoms with Crippen LogP contribution in [-0.4, -0.2) is 7.11 Å². The molecule has 5 heteroatoms. The van der Waals surface area contributed by atoms with Gasteiger partial charge < -0.3 is 15.2 Å². The van der Waals surface area contributed by atoms with Crippen molar-refractivity contribution in [1.29, 1.82) is 0 Å². The Balaban J connectivity index is 2.19. The normalized spacial score (nSPS) is 10.3. The first-order chi connectivity index (χ1) is 9.11. The van der Waals surface area contributed by atoms with Crippen LogP contribution in [0.3, 0.4) is 0 Å². The van der Waals surface area contributed by atoms with E-state index in [-0.39, 0.29) is 0 Å². The third-order valence-electron chi connectivity index (χ3n) is 2.62. The van der Waals surface area contributed by atoms with Crippen LogP contribution < -0.4 is 15.2 Å². The number of methoxy groups -OCH3 is 1. The zero-order valence-electron chi connectivity index (χ0n) is 10.3. The summed E-state index contributed by atoms with van der Waals surface area (Å²) in [5.41, 5.74) is 7.31. The molecular weight excluding hydrogens is 330 g/mol. The summed E-state index contributed by atoms with van der Waals surface area (Å²) in [5.74, 6) is 1.27. The van der Waals surface area contributed by atoms with E-state index in [4.69, 9.17) is 26.8 Å². The first-order valence-electron chi connectivity index (χ1n) is 5.61. The molecule has 0 fully saturated rings. The Labute approximate surface area is 125 Å². The van der Waals surface area contributed by atoms with Gasteiger partial charge in [-0.1, -0.05) is 33.6 Å². The number of benzene rings is 2. The fourth-order valence-electron chi connectivity index (χ4n) is 1.62. The number of rotatable bonds is 4. The molecule has 0 aliphatic rings. The average molecular weight is 343 g/mol. The van der Waals surface area contributed by atoms with Crippen molar-refractivity contribution >= 4 is 33.2 Å². The highest BCUT2D eigenvalue weighted by atomic mass is 79.9. The van der Waals surface area contributed by atoms with Crippen LogP contribution in [-0.2, 0) is 6.61 Å². The van der Waals surface area contributed by atoms with Crippen molar-refractivity contribution in [3.8, 4) is 11.5 Å². The number of hydrogen-bond acceptors (Lipinski definition) is 3. The quantitative estimate of drug-likeness (QED) is 0.844. The van der Waals surface area contributed by atoms with Gasteiger partial charge >= 0.3 is 0 Å². The lowest BCUT2D eigenvalue weighted by Gasteiger charge is -2.12. The van der Waals surface area contributed by atoms with E-state index in [0.29, 0.717) is 23.1 Å². The number of nitrogens with two attached hydrogens (primary N) is 1. The Kier molecular flexibility index (Phi) is 4.56. The van der Waals surface area contributed by atoms with Gasteiger partial charge in [0.15, 0.2) is 5.75 Å². The summed E-state index contributed by atoms with van der Waals surface area (Å²) < 4.78 is 11.8. The fraction of sp³-hybridized carbons (Fsp3) is 0.143. The van der Waals surface area contributed by atoms with Gasteiger partial charge in [0.25, 0.3) is 0 Å². The molecule has 3 nitrogen and oxygen atoms in total. The van der Waals surface area contributed by atoms with Crippen molar-refractivity contribution in [1.82, 2.24) is 0 Å². The largest absolute Gasteiger partial charge is 0.497 e. The van der Waals surface area contributed by atoms with E-state index in [2.05, 4.69) is 15.9 Å². The summed E-state index contributed by atoms with van der Waals surface area (Å²) in [6.45, 7) is 0.353. The fourth-order valence-corrected chi connectivity index (χ4v) is 2.21. The van der Waals surface area contributed by atoms with Crippen LogP contribution in [0, 0.1) is 0 Å². The molecule has 0 amide bonds. The zero-order valence-corrected chi connectivity index (χ0v) is 12.7. The topological polar surface area (TPSA) is 44.5 Å². The standard InChI is InChI=1S/C14H13BrClNO2/c1-18-10-5-6-11(15)9(7-10)8-19-14-12(16)3-2-4-13(14)17/h2-7H,8,17H2,1H3. The maximum absolute atomic E-state index is 6.05. The van der Waals surface area contributed by atoms with Gasteiger partial charge in [-0.25, -0.2) is 0 Å². The molecule has 2 aromatic carbocycles. The van der Waals surface area contributed by atoms with E-state index in [1.807, 2.05) is 18.2 Å². The minimum Gasteiger partial charge on any atom is -0.497 e. The van der Waals surface area contributed by atoms with E-state index in [1.54, 1.807) is 25.3 Å². The Morgan fingerprint density at radius 1 is 1.26 bits per heavy atom. The molecule has 0 aliphatic heterocycles. The van der Waals surface area contributed by atoms with Gasteiger partial charge in [-0.15, -0.1) is 0 Å². The van der Waals surface area contributed by atoms with Gasteiger partial charge in [0, 0.05) is 10.0 Å². The smallest absolute Gasteiger partial charge is 0.161 e. The number of ether oxygens (including phenoxy) is 2. The third-order valence-corrected chi connectivity index (χ3v) is 3.69. The molecule has 0 bridgehead atoms. The highest BCUT2D eigenvalue weighted by Crippen LogP contribution is 2.32. The van der Waals surface area contributed by atoms with Crippen LogP contribution >= 0.6 is 27.5 Å². The van der Waals surface area contributed by atoms with E-state index >= 15 is 0 Å². The molecule has 2 aromatic rings. The second-order valence-electron chi connectivity index (χ2n) is 3.90. The minimum atomic E-state index is 0.353. The van der Waals surface area contributed by atoms with Crippen molar-refractivity contribution in [2.75, 3.05) is 12.8 Å². The lowest BCUT2D eigenvalue weighted by atomic mass is 10.2. The van der Waals surface area contributed by atoms with Crippen molar-refractivity contribution in [2.45, 2.75) is 6.61 Å². The maximum atomic E-state index is 6.05. The van der Waals surface area contributed by atoms with E-state index in [9.17, 15) is 0 Å². The van der Waals surface area contributed by atoms with Crippen LogP contribution in [0.2, 0.25) is 5.02 Å². The third kappa shape index (κ3) is 3.33. The number of nitrogen functional groups attached to an aromatic ring is 1. The number of hydrogen-bond donors (Lipinski definition) is 1. The van der Waals surface area contributed by atoms with E-state index in [1.165, 1.54) is 0 Å². The van der Waals surface area contributed by atoms with E-state index < -0.39 is 0 Å². The Bertz CT molecular complexity index is 569. The van der Waals surface area contributed by atoms with Gasteiger partial charge in [-0.05, 0) is 30.3 Å². The molecular formula is C14H13BrClNO2. The minimum absolute atomic E-state index is 0.353.